The van der Waals surface area contributed by atoms with Crippen LogP contribution in [-0.4, -0.2) is 13.3 Å². The molecule has 6 rings (SSSR count). The van der Waals surface area contributed by atoms with E-state index < -0.39 is 0 Å². The number of fused-ring (bicyclic) bond motifs is 3. The van der Waals surface area contributed by atoms with Crippen molar-refractivity contribution in [2.24, 2.45) is 10.9 Å². The Bertz CT molecular complexity index is 1600. The van der Waals surface area contributed by atoms with E-state index in [2.05, 4.69) is 89.4 Å². The molecule has 0 unspecified atom stereocenters. The third-order valence-electron chi connectivity index (χ3n) is 7.71. The number of rotatable bonds is 7. The highest BCUT2D eigenvalue weighted by molar-refractivity contribution is 14.1. The molecule has 3 atom stereocenters. The van der Waals surface area contributed by atoms with Crippen molar-refractivity contribution in [1.29, 1.82) is 0 Å². The summed E-state index contributed by atoms with van der Waals surface area (Å²) in [5.41, 5.74) is 7.49. The molecule has 0 amide bonds. The van der Waals surface area contributed by atoms with Crippen LogP contribution in [0.2, 0.25) is 0 Å². The maximum Gasteiger partial charge on any atom is 0.174 e. The number of nitrogens with zero attached hydrogens (tertiary/aromatic N) is 1. The second-order valence-corrected chi connectivity index (χ2v) is 11.5. The predicted octanol–water partition coefficient (Wildman–Crippen LogP) is 8.90. The molecule has 4 nitrogen and oxygen atoms in total. The standard InChI is InChI=1S/C34H30FIN2O2/c1-21-10-15-31-28(16-21)26-7-5-8-27(26)33(38-31)23-11-13-25(14-12-23)37-19-22-17-30(36)34(32(18-22)39-2)40-20-24-6-3-4-9-29(24)35/h3-7,9-19,26-27,33,38H,8,20H2,1-2H3/t26-,27-,33-/m0/s1. The first kappa shape index (κ1) is 26.6. The molecule has 0 fully saturated rings. The minimum atomic E-state index is -0.287. The highest BCUT2D eigenvalue weighted by Crippen LogP contribution is 2.50. The van der Waals surface area contributed by atoms with E-state index in [4.69, 9.17) is 14.5 Å². The molecule has 0 saturated carbocycles. The zero-order valence-corrected chi connectivity index (χ0v) is 24.6. The fourth-order valence-electron chi connectivity index (χ4n) is 5.68. The monoisotopic (exact) mass is 644 g/mol. The minimum Gasteiger partial charge on any atom is -0.493 e. The Hall–Kier alpha value is -3.65. The van der Waals surface area contributed by atoms with Crippen LogP contribution in [0.25, 0.3) is 0 Å². The van der Waals surface area contributed by atoms with Gasteiger partial charge in [-0.1, -0.05) is 60.2 Å². The van der Waals surface area contributed by atoms with Gasteiger partial charge in [-0.3, -0.25) is 4.99 Å². The lowest BCUT2D eigenvalue weighted by Crippen LogP contribution is -2.29. The normalized spacial score (nSPS) is 19.2. The average molecular weight is 645 g/mol. The summed E-state index contributed by atoms with van der Waals surface area (Å²) in [6, 6.07) is 26.0. The minimum absolute atomic E-state index is 0.123. The lowest BCUT2D eigenvalue weighted by molar-refractivity contribution is 0.277. The van der Waals surface area contributed by atoms with Crippen LogP contribution >= 0.6 is 22.6 Å². The molecule has 1 aliphatic carbocycles. The third-order valence-corrected chi connectivity index (χ3v) is 8.52. The van der Waals surface area contributed by atoms with Crippen LogP contribution in [0, 0.1) is 22.2 Å². The molecule has 0 saturated heterocycles. The van der Waals surface area contributed by atoms with E-state index >= 15 is 0 Å². The molecule has 0 spiro atoms. The molecular formula is C34H30FIN2O2. The van der Waals surface area contributed by atoms with Crippen LogP contribution in [0.3, 0.4) is 0 Å². The molecule has 4 aromatic carbocycles. The summed E-state index contributed by atoms with van der Waals surface area (Å²) >= 11 is 2.21. The summed E-state index contributed by atoms with van der Waals surface area (Å²) in [4.78, 5) is 4.72. The molecule has 40 heavy (non-hydrogen) atoms. The average Bonchev–Trinajstić information content (AvgIpc) is 3.47. The van der Waals surface area contributed by atoms with Crippen LogP contribution in [0.5, 0.6) is 11.5 Å². The van der Waals surface area contributed by atoms with E-state index in [0.29, 0.717) is 28.9 Å². The summed E-state index contributed by atoms with van der Waals surface area (Å²) in [6.07, 6.45) is 7.61. The number of ether oxygens (including phenoxy) is 2. The Morgan fingerprint density at radius 2 is 1.88 bits per heavy atom. The van der Waals surface area contributed by atoms with E-state index in [9.17, 15) is 4.39 Å². The van der Waals surface area contributed by atoms with E-state index in [1.165, 1.54) is 28.4 Å². The van der Waals surface area contributed by atoms with Crippen LogP contribution in [0.4, 0.5) is 15.8 Å². The van der Waals surface area contributed by atoms with E-state index in [1.54, 1.807) is 25.3 Å². The van der Waals surface area contributed by atoms with Gasteiger partial charge in [0.15, 0.2) is 11.5 Å². The van der Waals surface area contributed by atoms with Crippen molar-refractivity contribution in [2.45, 2.75) is 31.9 Å². The van der Waals surface area contributed by atoms with Gasteiger partial charge in [-0.25, -0.2) is 4.39 Å². The number of hydrogen-bond donors (Lipinski definition) is 1. The first-order valence-electron chi connectivity index (χ1n) is 13.4. The van der Waals surface area contributed by atoms with Gasteiger partial charge in [-0.15, -0.1) is 0 Å². The summed E-state index contributed by atoms with van der Waals surface area (Å²) in [5.74, 6) is 1.85. The maximum absolute atomic E-state index is 14.0. The first-order valence-corrected chi connectivity index (χ1v) is 14.5. The molecule has 6 heteroatoms. The molecule has 202 valence electrons. The molecule has 0 radical (unpaired) electrons. The Kier molecular flexibility index (Phi) is 7.61. The Morgan fingerprint density at radius 3 is 2.67 bits per heavy atom. The molecule has 2 aliphatic rings. The fourth-order valence-corrected chi connectivity index (χ4v) is 6.46. The molecule has 1 N–H and O–H groups in total. The summed E-state index contributed by atoms with van der Waals surface area (Å²) in [6.45, 7) is 2.28. The fraction of sp³-hybridized carbons (Fsp3) is 0.206. The van der Waals surface area contributed by atoms with Gasteiger partial charge >= 0.3 is 0 Å². The number of benzene rings is 4. The number of methoxy groups -OCH3 is 1. The number of anilines is 1. The SMILES string of the molecule is COc1cc(C=Nc2ccc([C@@H]3Nc4ccc(C)cc4[C@H]4C=CC[C@@H]43)cc2)cc(I)c1OCc1ccccc1F. The zero-order valence-electron chi connectivity index (χ0n) is 22.4. The zero-order chi connectivity index (χ0) is 27.6. The molecule has 1 heterocycles. The predicted molar refractivity (Wildman–Crippen MR) is 168 cm³/mol. The molecule has 1 aliphatic heterocycles. The molecule has 4 aromatic rings. The third kappa shape index (κ3) is 5.37. The smallest absolute Gasteiger partial charge is 0.174 e. The van der Waals surface area contributed by atoms with Crippen LogP contribution in [0.15, 0.2) is 96.0 Å². The summed E-state index contributed by atoms with van der Waals surface area (Å²) in [5, 5.41) is 3.81. The van der Waals surface area contributed by atoms with Gasteiger partial charge in [0, 0.05) is 23.4 Å². The molecular weight excluding hydrogens is 614 g/mol. The number of halogens is 2. The van der Waals surface area contributed by atoms with E-state index in [1.807, 2.05) is 18.3 Å². The van der Waals surface area contributed by atoms with Crippen molar-refractivity contribution in [3.63, 3.8) is 0 Å². The van der Waals surface area contributed by atoms with Gasteiger partial charge in [0.1, 0.15) is 12.4 Å². The van der Waals surface area contributed by atoms with Crippen molar-refractivity contribution < 1.29 is 13.9 Å². The van der Waals surface area contributed by atoms with Crippen LogP contribution < -0.4 is 14.8 Å². The summed E-state index contributed by atoms with van der Waals surface area (Å²) in [7, 11) is 1.60. The lowest BCUT2D eigenvalue weighted by Gasteiger charge is -2.37. The van der Waals surface area contributed by atoms with Crippen LogP contribution in [-0.2, 0) is 6.61 Å². The van der Waals surface area contributed by atoms with Crippen LogP contribution in [0.1, 0.15) is 46.2 Å². The van der Waals surface area contributed by atoms with Crippen molar-refractivity contribution in [3.05, 3.63) is 128 Å². The number of allylic oxidation sites excluding steroid dienone is 2. The second-order valence-electron chi connectivity index (χ2n) is 10.3. The number of aliphatic imine (C=N–C) groups is 1. The quantitative estimate of drug-likeness (QED) is 0.124. The van der Waals surface area contributed by atoms with Gasteiger partial charge in [-0.2, -0.15) is 0 Å². The van der Waals surface area contributed by atoms with Crippen molar-refractivity contribution in [3.8, 4) is 11.5 Å². The number of nitrogens with one attached hydrogen (secondary N) is 1. The van der Waals surface area contributed by atoms with Crippen molar-refractivity contribution >= 4 is 40.2 Å². The van der Waals surface area contributed by atoms with E-state index in [0.717, 1.165) is 21.2 Å². The highest BCUT2D eigenvalue weighted by atomic mass is 127. The second kappa shape index (κ2) is 11.5. The molecule has 0 aromatic heterocycles. The Balaban J connectivity index is 1.17. The van der Waals surface area contributed by atoms with Gasteiger partial charge in [-0.05, 0) is 94.9 Å². The van der Waals surface area contributed by atoms with E-state index in [-0.39, 0.29) is 18.5 Å². The van der Waals surface area contributed by atoms with Crippen molar-refractivity contribution in [2.75, 3.05) is 12.4 Å². The Labute approximate surface area is 248 Å². The molecule has 0 bridgehead atoms. The maximum atomic E-state index is 14.0. The topological polar surface area (TPSA) is 42.8 Å². The van der Waals surface area contributed by atoms with Gasteiger partial charge in [0.2, 0.25) is 0 Å². The highest BCUT2D eigenvalue weighted by Gasteiger charge is 2.37. The van der Waals surface area contributed by atoms with Gasteiger partial charge < -0.3 is 14.8 Å². The first-order chi connectivity index (χ1) is 19.5. The summed E-state index contributed by atoms with van der Waals surface area (Å²) < 4.78 is 26.4. The van der Waals surface area contributed by atoms with Gasteiger partial charge in [0.25, 0.3) is 0 Å². The Morgan fingerprint density at radius 1 is 1.05 bits per heavy atom. The number of aryl methyl sites for hydroxylation is 1. The lowest BCUT2D eigenvalue weighted by atomic mass is 9.76. The van der Waals surface area contributed by atoms with Crippen molar-refractivity contribution in [1.82, 2.24) is 0 Å². The number of hydrogen-bond acceptors (Lipinski definition) is 4. The van der Waals surface area contributed by atoms with Gasteiger partial charge in [0.05, 0.1) is 22.4 Å². The largest absolute Gasteiger partial charge is 0.493 e.